The SMILES string of the molecule is CCCOc1ccc(CNC(=O)C2CCN(c3ncc(-c4cccc(C)c4)cn3)CC2)cc1. The topological polar surface area (TPSA) is 67.3 Å². The molecule has 0 aliphatic carbocycles. The summed E-state index contributed by atoms with van der Waals surface area (Å²) in [5.74, 6) is 1.75. The Bertz CT molecular complexity index is 1040. The highest BCUT2D eigenvalue weighted by Crippen LogP contribution is 2.23. The number of ether oxygens (including phenoxy) is 1. The highest BCUT2D eigenvalue weighted by Gasteiger charge is 2.26. The van der Waals surface area contributed by atoms with Gasteiger partial charge in [-0.2, -0.15) is 0 Å². The van der Waals surface area contributed by atoms with E-state index < -0.39 is 0 Å². The molecule has 0 bridgehead atoms. The number of piperidine rings is 1. The van der Waals surface area contributed by atoms with E-state index in [-0.39, 0.29) is 11.8 Å². The predicted molar refractivity (Wildman–Crippen MR) is 131 cm³/mol. The number of nitrogens with zero attached hydrogens (tertiary/aromatic N) is 3. The van der Waals surface area contributed by atoms with Crippen LogP contribution in [0.5, 0.6) is 5.75 Å². The Morgan fingerprint density at radius 1 is 1.06 bits per heavy atom. The molecule has 4 rings (SSSR count). The zero-order valence-electron chi connectivity index (χ0n) is 19.5. The number of hydrogen-bond acceptors (Lipinski definition) is 5. The Labute approximate surface area is 196 Å². The summed E-state index contributed by atoms with van der Waals surface area (Å²) in [6, 6.07) is 16.3. The quantitative estimate of drug-likeness (QED) is 0.542. The monoisotopic (exact) mass is 444 g/mol. The zero-order chi connectivity index (χ0) is 23.0. The summed E-state index contributed by atoms with van der Waals surface area (Å²) in [7, 11) is 0. The molecular weight excluding hydrogens is 412 g/mol. The number of aromatic nitrogens is 2. The summed E-state index contributed by atoms with van der Waals surface area (Å²) in [4.78, 5) is 24.0. The number of amides is 1. The smallest absolute Gasteiger partial charge is 0.225 e. The Morgan fingerprint density at radius 3 is 2.45 bits per heavy atom. The average molecular weight is 445 g/mol. The van der Waals surface area contributed by atoms with Gasteiger partial charge in [-0.1, -0.05) is 48.9 Å². The van der Waals surface area contributed by atoms with Crippen molar-refractivity contribution < 1.29 is 9.53 Å². The molecule has 1 fully saturated rings. The standard InChI is InChI=1S/C27H32N4O2/c1-3-15-33-25-9-7-21(8-10-25)17-28-26(32)22-11-13-31(14-12-22)27-29-18-24(19-30-27)23-6-4-5-20(2)16-23/h4-10,16,18-19,22H,3,11-15,17H2,1-2H3,(H,28,32). The molecule has 0 spiro atoms. The van der Waals surface area contributed by atoms with E-state index in [4.69, 9.17) is 4.74 Å². The number of benzene rings is 2. The Kier molecular flexibility index (Phi) is 7.55. The number of carbonyl (C=O) groups is 1. The molecule has 0 unspecified atom stereocenters. The average Bonchev–Trinajstić information content (AvgIpc) is 2.87. The maximum Gasteiger partial charge on any atom is 0.225 e. The molecule has 1 amide bonds. The fourth-order valence-corrected chi connectivity index (χ4v) is 4.06. The van der Waals surface area contributed by atoms with E-state index in [9.17, 15) is 4.79 Å². The molecule has 3 aromatic rings. The van der Waals surface area contributed by atoms with Gasteiger partial charge in [-0.05, 0) is 49.4 Å². The number of aryl methyl sites for hydroxylation is 1. The zero-order valence-corrected chi connectivity index (χ0v) is 19.5. The van der Waals surface area contributed by atoms with E-state index in [0.717, 1.165) is 67.3 Å². The van der Waals surface area contributed by atoms with Crippen molar-refractivity contribution in [2.45, 2.75) is 39.7 Å². The Hall–Kier alpha value is -3.41. The first kappa shape index (κ1) is 22.8. The van der Waals surface area contributed by atoms with Gasteiger partial charge in [-0.3, -0.25) is 4.79 Å². The highest BCUT2D eigenvalue weighted by atomic mass is 16.5. The van der Waals surface area contributed by atoms with Crippen molar-refractivity contribution in [2.75, 3.05) is 24.6 Å². The summed E-state index contributed by atoms with van der Waals surface area (Å²) in [6.45, 7) is 6.99. The van der Waals surface area contributed by atoms with Gasteiger partial charge in [0.05, 0.1) is 6.61 Å². The first-order chi connectivity index (χ1) is 16.1. The van der Waals surface area contributed by atoms with E-state index in [1.54, 1.807) is 0 Å². The molecule has 1 aliphatic heterocycles. The molecule has 1 aromatic heterocycles. The van der Waals surface area contributed by atoms with Gasteiger partial charge in [0.15, 0.2) is 0 Å². The molecule has 0 radical (unpaired) electrons. The number of nitrogens with one attached hydrogen (secondary N) is 1. The number of rotatable bonds is 8. The van der Waals surface area contributed by atoms with Crippen molar-refractivity contribution in [3.8, 4) is 16.9 Å². The van der Waals surface area contributed by atoms with E-state index >= 15 is 0 Å². The minimum absolute atomic E-state index is 0.0278. The van der Waals surface area contributed by atoms with Crippen molar-refractivity contribution in [3.05, 3.63) is 72.1 Å². The Morgan fingerprint density at radius 2 is 1.79 bits per heavy atom. The third-order valence-corrected chi connectivity index (χ3v) is 6.00. The maximum absolute atomic E-state index is 12.7. The van der Waals surface area contributed by atoms with Crippen LogP contribution < -0.4 is 15.0 Å². The van der Waals surface area contributed by atoms with Crippen LogP contribution >= 0.6 is 0 Å². The number of carbonyl (C=O) groups excluding carboxylic acids is 1. The molecule has 2 heterocycles. The third-order valence-electron chi connectivity index (χ3n) is 6.00. The third kappa shape index (κ3) is 6.09. The molecule has 6 nitrogen and oxygen atoms in total. The molecule has 172 valence electrons. The van der Waals surface area contributed by atoms with Crippen LogP contribution in [0.25, 0.3) is 11.1 Å². The summed E-state index contributed by atoms with van der Waals surface area (Å²) in [5, 5.41) is 3.09. The summed E-state index contributed by atoms with van der Waals surface area (Å²) in [5.41, 5.74) is 4.43. The van der Waals surface area contributed by atoms with Crippen LogP contribution in [-0.4, -0.2) is 35.6 Å². The summed E-state index contributed by atoms with van der Waals surface area (Å²) < 4.78 is 5.61. The lowest BCUT2D eigenvalue weighted by atomic mass is 9.96. The van der Waals surface area contributed by atoms with E-state index in [1.165, 1.54) is 5.56 Å². The largest absolute Gasteiger partial charge is 0.494 e. The van der Waals surface area contributed by atoms with Crippen molar-refractivity contribution in [3.63, 3.8) is 0 Å². The first-order valence-corrected chi connectivity index (χ1v) is 11.8. The van der Waals surface area contributed by atoms with Gasteiger partial charge in [0.2, 0.25) is 11.9 Å². The lowest BCUT2D eigenvalue weighted by Crippen LogP contribution is -2.41. The molecule has 0 saturated carbocycles. The van der Waals surface area contributed by atoms with Crippen LogP contribution in [0, 0.1) is 12.8 Å². The van der Waals surface area contributed by atoms with E-state index in [0.29, 0.717) is 6.54 Å². The second kappa shape index (κ2) is 10.9. The van der Waals surface area contributed by atoms with Crippen LogP contribution in [-0.2, 0) is 11.3 Å². The fourth-order valence-electron chi connectivity index (χ4n) is 4.06. The summed E-state index contributed by atoms with van der Waals surface area (Å²) in [6.07, 6.45) is 6.36. The van der Waals surface area contributed by atoms with Gasteiger partial charge in [0, 0.05) is 43.5 Å². The van der Waals surface area contributed by atoms with Gasteiger partial charge >= 0.3 is 0 Å². The second-order valence-electron chi connectivity index (χ2n) is 8.61. The van der Waals surface area contributed by atoms with Crippen molar-refractivity contribution in [2.24, 2.45) is 5.92 Å². The molecular formula is C27H32N4O2. The minimum Gasteiger partial charge on any atom is -0.494 e. The first-order valence-electron chi connectivity index (χ1n) is 11.8. The van der Waals surface area contributed by atoms with Crippen molar-refractivity contribution in [1.29, 1.82) is 0 Å². The van der Waals surface area contributed by atoms with Crippen LogP contribution in [0.1, 0.15) is 37.3 Å². The number of hydrogen-bond donors (Lipinski definition) is 1. The molecule has 2 aromatic carbocycles. The molecule has 1 N–H and O–H groups in total. The van der Waals surface area contributed by atoms with Crippen molar-refractivity contribution in [1.82, 2.24) is 15.3 Å². The second-order valence-corrected chi connectivity index (χ2v) is 8.61. The van der Waals surface area contributed by atoms with Crippen LogP contribution in [0.15, 0.2) is 60.9 Å². The van der Waals surface area contributed by atoms with E-state index in [2.05, 4.69) is 52.2 Å². The van der Waals surface area contributed by atoms with Crippen LogP contribution in [0.4, 0.5) is 5.95 Å². The van der Waals surface area contributed by atoms with Gasteiger partial charge in [-0.15, -0.1) is 0 Å². The predicted octanol–water partition coefficient (Wildman–Crippen LogP) is 4.77. The molecule has 1 saturated heterocycles. The lowest BCUT2D eigenvalue weighted by molar-refractivity contribution is -0.125. The molecule has 1 aliphatic rings. The van der Waals surface area contributed by atoms with Crippen LogP contribution in [0.3, 0.4) is 0 Å². The van der Waals surface area contributed by atoms with Gasteiger partial charge in [0.1, 0.15) is 5.75 Å². The maximum atomic E-state index is 12.7. The van der Waals surface area contributed by atoms with Gasteiger partial charge < -0.3 is 15.0 Å². The lowest BCUT2D eigenvalue weighted by Gasteiger charge is -2.31. The van der Waals surface area contributed by atoms with E-state index in [1.807, 2.05) is 42.7 Å². The minimum atomic E-state index is 0.0278. The van der Waals surface area contributed by atoms with Gasteiger partial charge in [0.25, 0.3) is 0 Å². The number of anilines is 1. The van der Waals surface area contributed by atoms with Crippen LogP contribution in [0.2, 0.25) is 0 Å². The Balaban J connectivity index is 1.25. The normalized spacial score (nSPS) is 14.2. The fraction of sp³-hybridized carbons (Fsp3) is 0.370. The molecule has 0 atom stereocenters. The van der Waals surface area contributed by atoms with Gasteiger partial charge in [-0.25, -0.2) is 9.97 Å². The molecule has 33 heavy (non-hydrogen) atoms. The summed E-state index contributed by atoms with van der Waals surface area (Å²) >= 11 is 0. The van der Waals surface area contributed by atoms with Crippen molar-refractivity contribution >= 4 is 11.9 Å². The highest BCUT2D eigenvalue weighted by molar-refractivity contribution is 5.79. The molecule has 6 heteroatoms.